The Morgan fingerprint density at radius 3 is 2.39 bits per heavy atom. The molecule has 4 nitrogen and oxygen atoms in total. The zero-order valence-corrected chi connectivity index (χ0v) is 20.5. The minimum Gasteiger partial charge on any atom is -0.456 e. The van der Waals surface area contributed by atoms with Crippen LogP contribution in [0, 0.1) is 0 Å². The van der Waals surface area contributed by atoms with Gasteiger partial charge >= 0.3 is 5.97 Å². The highest BCUT2D eigenvalue weighted by Crippen LogP contribution is 2.27. The number of aromatic nitrogens is 2. The fourth-order valence-corrected chi connectivity index (χ4v) is 4.43. The number of rotatable bonds is 7. The Labute approximate surface area is 200 Å². The van der Waals surface area contributed by atoms with Gasteiger partial charge in [0.05, 0.1) is 22.3 Å². The average molecular weight is 459 g/mol. The smallest absolute Gasteiger partial charge is 0.339 e. The molecule has 4 aromatic rings. The number of benzene rings is 3. The summed E-state index contributed by atoms with van der Waals surface area (Å²) < 4.78 is 7.92. The topological polar surface area (TPSA) is 44.1 Å². The van der Waals surface area contributed by atoms with E-state index in [2.05, 4.69) is 54.0 Å². The number of imidazole rings is 1. The summed E-state index contributed by atoms with van der Waals surface area (Å²) in [5.41, 5.74) is 5.31. The first-order chi connectivity index (χ1) is 15.9. The third kappa shape index (κ3) is 5.48. The normalized spacial score (nSPS) is 11.6. The molecule has 0 aliphatic rings. The van der Waals surface area contributed by atoms with Crippen LogP contribution in [0.25, 0.3) is 22.2 Å². The van der Waals surface area contributed by atoms with E-state index in [-0.39, 0.29) is 5.97 Å². The molecule has 5 heteroatoms. The second-order valence-electron chi connectivity index (χ2n) is 8.98. The molecule has 0 radical (unpaired) electrons. The monoisotopic (exact) mass is 458 g/mol. The van der Waals surface area contributed by atoms with Gasteiger partial charge in [0.2, 0.25) is 0 Å². The molecule has 3 aromatic carbocycles. The Balaban J connectivity index is 1.62. The van der Waals surface area contributed by atoms with Crippen molar-refractivity contribution in [3.8, 4) is 11.1 Å². The highest BCUT2D eigenvalue weighted by atomic mass is 32.2. The summed E-state index contributed by atoms with van der Waals surface area (Å²) in [6.07, 6.45) is 0. The van der Waals surface area contributed by atoms with Gasteiger partial charge in [0.25, 0.3) is 0 Å². The fourth-order valence-electron chi connectivity index (χ4n) is 3.82. The second kappa shape index (κ2) is 9.84. The molecule has 4 rings (SSSR count). The van der Waals surface area contributed by atoms with E-state index in [9.17, 15) is 4.79 Å². The summed E-state index contributed by atoms with van der Waals surface area (Å²) in [5.74, 6) is 2.76. The summed E-state index contributed by atoms with van der Waals surface area (Å²) in [4.78, 5) is 17.6. The SMILES string of the molecule is CCSCc1nc2ccccc2n1Cc1ccc(-c2ccccc2C(=O)OC(C)(C)C)cc1. The molecule has 170 valence electrons. The molecule has 0 aliphatic heterocycles. The van der Waals surface area contributed by atoms with Gasteiger partial charge in [-0.3, -0.25) is 0 Å². The van der Waals surface area contributed by atoms with Gasteiger partial charge in [0.1, 0.15) is 11.4 Å². The maximum absolute atomic E-state index is 12.7. The molecule has 0 atom stereocenters. The first-order valence-corrected chi connectivity index (χ1v) is 12.4. The third-order valence-corrected chi connectivity index (χ3v) is 6.19. The van der Waals surface area contributed by atoms with Gasteiger partial charge in [-0.2, -0.15) is 11.8 Å². The van der Waals surface area contributed by atoms with Gasteiger partial charge in [-0.25, -0.2) is 9.78 Å². The minimum absolute atomic E-state index is 0.301. The highest BCUT2D eigenvalue weighted by molar-refractivity contribution is 7.98. The predicted molar refractivity (Wildman–Crippen MR) is 138 cm³/mol. The van der Waals surface area contributed by atoms with Crippen LogP contribution >= 0.6 is 11.8 Å². The van der Waals surface area contributed by atoms with Crippen molar-refractivity contribution < 1.29 is 9.53 Å². The van der Waals surface area contributed by atoms with Crippen LogP contribution in [0.4, 0.5) is 0 Å². The maximum Gasteiger partial charge on any atom is 0.339 e. The van der Waals surface area contributed by atoms with Crippen molar-refractivity contribution in [3.63, 3.8) is 0 Å². The van der Waals surface area contributed by atoms with Crippen LogP contribution in [-0.2, 0) is 17.0 Å². The summed E-state index contributed by atoms with van der Waals surface area (Å²) in [6.45, 7) is 8.58. The van der Waals surface area contributed by atoms with Gasteiger partial charge in [0, 0.05) is 6.54 Å². The van der Waals surface area contributed by atoms with Crippen molar-refractivity contribution in [2.24, 2.45) is 0 Å². The molecule has 0 unspecified atom stereocenters. The predicted octanol–water partition coefficient (Wildman–Crippen LogP) is 6.96. The highest BCUT2D eigenvalue weighted by Gasteiger charge is 2.20. The summed E-state index contributed by atoms with van der Waals surface area (Å²) in [6, 6.07) is 24.3. The number of thioether (sulfide) groups is 1. The lowest BCUT2D eigenvalue weighted by Crippen LogP contribution is -2.24. The Morgan fingerprint density at radius 2 is 1.67 bits per heavy atom. The molecular formula is C28H30N2O2S. The molecule has 0 bridgehead atoms. The van der Waals surface area contributed by atoms with Crippen molar-refractivity contribution >= 4 is 28.8 Å². The van der Waals surface area contributed by atoms with Gasteiger partial charge in [-0.1, -0.05) is 61.5 Å². The first kappa shape index (κ1) is 23.1. The molecule has 0 fully saturated rings. The Hall–Kier alpha value is -3.05. The molecule has 0 saturated carbocycles. The first-order valence-electron chi connectivity index (χ1n) is 11.3. The standard InChI is InChI=1S/C28H30N2O2S/c1-5-33-19-26-29-24-12-8-9-13-25(24)30(26)18-20-14-16-21(17-15-20)22-10-6-7-11-23(22)27(31)32-28(2,3)4/h6-17H,5,18-19H2,1-4H3. The molecule has 1 aromatic heterocycles. The van der Waals surface area contributed by atoms with Gasteiger partial charge < -0.3 is 9.30 Å². The van der Waals surface area contributed by atoms with Crippen molar-refractivity contribution in [1.29, 1.82) is 0 Å². The van der Waals surface area contributed by atoms with E-state index in [0.717, 1.165) is 46.0 Å². The average Bonchev–Trinajstić information content (AvgIpc) is 3.14. The quantitative estimate of drug-likeness (QED) is 0.281. The molecule has 0 saturated heterocycles. The van der Waals surface area contributed by atoms with Crippen molar-refractivity contribution in [1.82, 2.24) is 9.55 Å². The lowest BCUT2D eigenvalue weighted by molar-refractivity contribution is 0.00704. The molecular weight excluding hydrogens is 428 g/mol. The molecule has 0 spiro atoms. The Bertz CT molecular complexity index is 1250. The van der Waals surface area contributed by atoms with Crippen molar-refractivity contribution in [3.05, 3.63) is 89.7 Å². The number of esters is 1. The zero-order chi connectivity index (χ0) is 23.4. The van der Waals surface area contributed by atoms with Crippen LogP contribution in [0.1, 0.15) is 49.4 Å². The Morgan fingerprint density at radius 1 is 0.970 bits per heavy atom. The Kier molecular flexibility index (Phi) is 6.89. The number of carbonyl (C=O) groups is 1. The van der Waals surface area contributed by atoms with Crippen molar-refractivity contribution in [2.75, 3.05) is 5.75 Å². The van der Waals surface area contributed by atoms with E-state index in [1.807, 2.05) is 62.9 Å². The molecule has 0 amide bonds. The van der Waals surface area contributed by atoms with Gasteiger partial charge in [-0.15, -0.1) is 0 Å². The lowest BCUT2D eigenvalue weighted by Gasteiger charge is -2.20. The van der Waals surface area contributed by atoms with Crippen LogP contribution in [-0.4, -0.2) is 26.9 Å². The largest absolute Gasteiger partial charge is 0.456 e. The molecule has 0 N–H and O–H groups in total. The van der Waals surface area contributed by atoms with Crippen LogP contribution < -0.4 is 0 Å². The number of hydrogen-bond acceptors (Lipinski definition) is 4. The van der Waals surface area contributed by atoms with E-state index in [1.165, 1.54) is 5.56 Å². The fraction of sp³-hybridized carbons (Fsp3) is 0.286. The summed E-state index contributed by atoms with van der Waals surface area (Å²) in [7, 11) is 0. The van der Waals surface area contributed by atoms with Gasteiger partial charge in [0.15, 0.2) is 0 Å². The van der Waals surface area contributed by atoms with E-state index in [0.29, 0.717) is 5.56 Å². The second-order valence-corrected chi connectivity index (χ2v) is 10.3. The van der Waals surface area contributed by atoms with Crippen LogP contribution in [0.15, 0.2) is 72.8 Å². The lowest BCUT2D eigenvalue weighted by atomic mass is 9.98. The van der Waals surface area contributed by atoms with Crippen molar-refractivity contribution in [2.45, 2.75) is 45.6 Å². The number of para-hydroxylation sites is 2. The van der Waals surface area contributed by atoms with E-state index >= 15 is 0 Å². The molecule has 1 heterocycles. The minimum atomic E-state index is -0.532. The van der Waals surface area contributed by atoms with Gasteiger partial charge in [-0.05, 0) is 61.4 Å². The van der Waals surface area contributed by atoms with E-state index in [4.69, 9.17) is 9.72 Å². The third-order valence-electron chi connectivity index (χ3n) is 5.32. The number of ether oxygens (including phenoxy) is 1. The summed E-state index contributed by atoms with van der Waals surface area (Å²) >= 11 is 1.88. The number of fused-ring (bicyclic) bond motifs is 1. The zero-order valence-electron chi connectivity index (χ0n) is 19.7. The van der Waals surface area contributed by atoms with Crippen LogP contribution in [0.3, 0.4) is 0 Å². The maximum atomic E-state index is 12.7. The summed E-state index contributed by atoms with van der Waals surface area (Å²) in [5, 5.41) is 0. The van der Waals surface area contributed by atoms with E-state index < -0.39 is 5.60 Å². The number of nitrogens with zero attached hydrogens (tertiary/aromatic N) is 2. The van der Waals surface area contributed by atoms with Crippen LogP contribution in [0.2, 0.25) is 0 Å². The number of hydrogen-bond donors (Lipinski definition) is 0. The van der Waals surface area contributed by atoms with E-state index in [1.54, 1.807) is 0 Å². The van der Waals surface area contributed by atoms with Crippen LogP contribution in [0.5, 0.6) is 0 Å². The molecule has 33 heavy (non-hydrogen) atoms. The molecule has 0 aliphatic carbocycles. The number of carbonyl (C=O) groups excluding carboxylic acids is 1.